The Labute approximate surface area is 166 Å². The first kappa shape index (κ1) is 18.6. The van der Waals surface area contributed by atoms with Crippen molar-refractivity contribution in [2.75, 3.05) is 12.0 Å². The van der Waals surface area contributed by atoms with Gasteiger partial charge in [0.1, 0.15) is 28.9 Å². The van der Waals surface area contributed by atoms with E-state index in [9.17, 15) is 13.6 Å². The van der Waals surface area contributed by atoms with Gasteiger partial charge in [-0.05, 0) is 66.2 Å². The number of nitrogens with zero attached hydrogens (tertiary/aromatic N) is 2. The predicted octanol–water partition coefficient (Wildman–Crippen LogP) is 4.81. The molecule has 3 aromatic carbocycles. The van der Waals surface area contributed by atoms with E-state index in [1.807, 2.05) is 0 Å². The van der Waals surface area contributed by atoms with Gasteiger partial charge in [-0.25, -0.2) is 13.8 Å². The first-order chi connectivity index (χ1) is 14.0. The van der Waals surface area contributed by atoms with Crippen molar-refractivity contribution in [2.24, 2.45) is 4.99 Å². The van der Waals surface area contributed by atoms with Crippen LogP contribution in [0.2, 0.25) is 0 Å². The minimum atomic E-state index is -0.458. The molecule has 1 aliphatic rings. The SMILES string of the molecule is COc1ccc(C2=N/C(=C\c3ccc(F)cc3)C(=O)N2c2cccc(F)c2)cc1. The second kappa shape index (κ2) is 7.67. The van der Waals surface area contributed by atoms with E-state index in [1.54, 1.807) is 55.7 Å². The average Bonchev–Trinajstić information content (AvgIpc) is 3.06. The Bertz CT molecular complexity index is 1120. The Morgan fingerprint density at radius 2 is 1.66 bits per heavy atom. The lowest BCUT2D eigenvalue weighted by atomic mass is 10.1. The van der Waals surface area contributed by atoms with E-state index in [-0.39, 0.29) is 11.5 Å². The molecule has 0 aliphatic carbocycles. The summed E-state index contributed by atoms with van der Waals surface area (Å²) in [5.74, 6) is -0.186. The summed E-state index contributed by atoms with van der Waals surface area (Å²) < 4.78 is 32.2. The molecule has 6 heteroatoms. The molecule has 1 aliphatic heterocycles. The number of amides is 1. The number of hydrogen-bond donors (Lipinski definition) is 0. The zero-order chi connectivity index (χ0) is 20.4. The molecule has 0 N–H and O–H groups in total. The Kier molecular flexibility index (Phi) is 4.91. The molecule has 0 fully saturated rings. The Morgan fingerprint density at radius 1 is 0.931 bits per heavy atom. The number of rotatable bonds is 4. The number of benzene rings is 3. The van der Waals surface area contributed by atoms with Gasteiger partial charge in [-0.1, -0.05) is 18.2 Å². The molecule has 0 radical (unpaired) electrons. The van der Waals surface area contributed by atoms with E-state index in [0.717, 1.165) is 0 Å². The Morgan fingerprint density at radius 3 is 2.31 bits per heavy atom. The summed E-state index contributed by atoms with van der Waals surface area (Å²) >= 11 is 0. The molecule has 0 spiro atoms. The number of ether oxygens (including phenoxy) is 1. The summed E-state index contributed by atoms with van der Waals surface area (Å²) in [6, 6.07) is 18.6. The van der Waals surface area contributed by atoms with Crippen molar-refractivity contribution in [1.82, 2.24) is 0 Å². The van der Waals surface area contributed by atoms with Crippen LogP contribution in [-0.4, -0.2) is 18.9 Å². The number of halogens is 2. The lowest BCUT2D eigenvalue weighted by Gasteiger charge is -2.18. The maximum atomic E-state index is 13.8. The maximum Gasteiger partial charge on any atom is 0.282 e. The van der Waals surface area contributed by atoms with Gasteiger partial charge >= 0.3 is 0 Å². The van der Waals surface area contributed by atoms with Crippen molar-refractivity contribution >= 4 is 23.5 Å². The minimum absolute atomic E-state index is 0.173. The third kappa shape index (κ3) is 3.78. The van der Waals surface area contributed by atoms with Gasteiger partial charge in [-0.3, -0.25) is 9.69 Å². The minimum Gasteiger partial charge on any atom is -0.497 e. The van der Waals surface area contributed by atoms with Crippen LogP contribution in [0, 0.1) is 11.6 Å². The lowest BCUT2D eigenvalue weighted by Crippen LogP contribution is -2.32. The van der Waals surface area contributed by atoms with Crippen LogP contribution in [0.5, 0.6) is 5.75 Å². The van der Waals surface area contributed by atoms with Gasteiger partial charge in [0, 0.05) is 5.56 Å². The van der Waals surface area contributed by atoms with E-state index < -0.39 is 11.7 Å². The topological polar surface area (TPSA) is 41.9 Å². The summed E-state index contributed by atoms with van der Waals surface area (Å²) in [6.45, 7) is 0. The molecule has 4 nitrogen and oxygen atoms in total. The zero-order valence-electron chi connectivity index (χ0n) is 15.5. The zero-order valence-corrected chi connectivity index (χ0v) is 15.5. The fourth-order valence-electron chi connectivity index (χ4n) is 3.02. The van der Waals surface area contributed by atoms with E-state index in [0.29, 0.717) is 28.4 Å². The van der Waals surface area contributed by atoms with Gasteiger partial charge in [0.05, 0.1) is 12.8 Å². The van der Waals surface area contributed by atoms with Crippen LogP contribution in [0.3, 0.4) is 0 Å². The summed E-state index contributed by atoms with van der Waals surface area (Å²) in [4.78, 5) is 19.0. The van der Waals surface area contributed by atoms with Crippen LogP contribution in [0.15, 0.2) is 83.5 Å². The van der Waals surface area contributed by atoms with Crippen molar-refractivity contribution in [2.45, 2.75) is 0 Å². The molecule has 0 unspecified atom stereocenters. The lowest BCUT2D eigenvalue weighted by molar-refractivity contribution is -0.113. The van der Waals surface area contributed by atoms with Gasteiger partial charge in [-0.2, -0.15) is 0 Å². The largest absolute Gasteiger partial charge is 0.497 e. The molecule has 0 saturated heterocycles. The number of aliphatic imine (C=N–C) groups is 1. The highest BCUT2D eigenvalue weighted by Gasteiger charge is 2.32. The summed E-state index contributed by atoms with van der Waals surface area (Å²) in [5.41, 5.74) is 1.85. The average molecular weight is 390 g/mol. The monoisotopic (exact) mass is 390 g/mol. The highest BCUT2D eigenvalue weighted by atomic mass is 19.1. The predicted molar refractivity (Wildman–Crippen MR) is 108 cm³/mol. The number of hydrogen-bond acceptors (Lipinski definition) is 3. The maximum absolute atomic E-state index is 13.8. The third-order valence-corrected chi connectivity index (χ3v) is 4.45. The molecule has 144 valence electrons. The van der Waals surface area contributed by atoms with Crippen LogP contribution in [0.4, 0.5) is 14.5 Å². The fraction of sp³-hybridized carbons (Fsp3) is 0.0435. The normalized spacial score (nSPS) is 15.0. The highest BCUT2D eigenvalue weighted by Crippen LogP contribution is 2.29. The molecule has 0 saturated carbocycles. The summed E-state index contributed by atoms with van der Waals surface area (Å²) in [5, 5.41) is 0. The molecule has 0 aromatic heterocycles. The number of carbonyl (C=O) groups is 1. The fourth-order valence-corrected chi connectivity index (χ4v) is 3.02. The van der Waals surface area contributed by atoms with Crippen molar-refractivity contribution in [3.63, 3.8) is 0 Å². The van der Waals surface area contributed by atoms with Gasteiger partial charge < -0.3 is 4.74 Å². The molecule has 1 amide bonds. The van der Waals surface area contributed by atoms with Crippen molar-refractivity contribution < 1.29 is 18.3 Å². The molecule has 3 aromatic rings. The molecular formula is C23H16F2N2O2. The molecule has 29 heavy (non-hydrogen) atoms. The third-order valence-electron chi connectivity index (χ3n) is 4.45. The first-order valence-corrected chi connectivity index (χ1v) is 8.85. The second-order valence-electron chi connectivity index (χ2n) is 6.37. The number of carbonyl (C=O) groups excluding carboxylic acids is 1. The number of methoxy groups -OCH3 is 1. The van der Waals surface area contributed by atoms with Crippen LogP contribution >= 0.6 is 0 Å². The standard InChI is InChI=1S/C23H16F2N2O2/c1-29-20-11-7-16(8-12-20)22-26-21(13-15-5-9-17(24)10-6-15)23(28)27(22)19-4-2-3-18(25)14-19/h2-14H,1H3/b21-13-. The molecular weight excluding hydrogens is 374 g/mol. The number of amidine groups is 1. The van der Waals surface area contributed by atoms with Gasteiger partial charge in [-0.15, -0.1) is 0 Å². The summed E-state index contributed by atoms with van der Waals surface area (Å²) in [7, 11) is 1.56. The number of anilines is 1. The van der Waals surface area contributed by atoms with Crippen molar-refractivity contribution in [3.8, 4) is 5.75 Å². The second-order valence-corrected chi connectivity index (χ2v) is 6.37. The highest BCUT2D eigenvalue weighted by molar-refractivity contribution is 6.33. The Hall–Kier alpha value is -3.80. The van der Waals surface area contributed by atoms with Gasteiger partial charge in [0.2, 0.25) is 0 Å². The van der Waals surface area contributed by atoms with Crippen LogP contribution < -0.4 is 9.64 Å². The van der Waals surface area contributed by atoms with Gasteiger partial charge in [0.25, 0.3) is 5.91 Å². The van der Waals surface area contributed by atoms with E-state index >= 15 is 0 Å². The van der Waals surface area contributed by atoms with E-state index in [1.165, 1.54) is 35.2 Å². The molecule has 1 heterocycles. The molecule has 4 rings (SSSR count). The smallest absolute Gasteiger partial charge is 0.282 e. The van der Waals surface area contributed by atoms with Gasteiger partial charge in [0.15, 0.2) is 0 Å². The molecule has 0 bridgehead atoms. The van der Waals surface area contributed by atoms with E-state index in [4.69, 9.17) is 4.74 Å². The first-order valence-electron chi connectivity index (χ1n) is 8.85. The Balaban J connectivity index is 1.81. The van der Waals surface area contributed by atoms with Crippen molar-refractivity contribution in [3.05, 3.63) is 101 Å². The molecule has 0 atom stereocenters. The van der Waals surface area contributed by atoms with Crippen LogP contribution in [0.1, 0.15) is 11.1 Å². The van der Waals surface area contributed by atoms with Crippen LogP contribution in [-0.2, 0) is 4.79 Å². The summed E-state index contributed by atoms with van der Waals surface area (Å²) in [6.07, 6.45) is 1.57. The quantitative estimate of drug-likeness (QED) is 0.600. The van der Waals surface area contributed by atoms with E-state index in [2.05, 4.69) is 4.99 Å². The van der Waals surface area contributed by atoms with Crippen LogP contribution in [0.25, 0.3) is 6.08 Å². The van der Waals surface area contributed by atoms with Crippen molar-refractivity contribution in [1.29, 1.82) is 0 Å².